The maximum atomic E-state index is 11.7. The topological polar surface area (TPSA) is 46.2 Å². The summed E-state index contributed by atoms with van der Waals surface area (Å²) in [5, 5.41) is 2.54. The first-order chi connectivity index (χ1) is 7.06. The molecule has 1 amide bonds. The van der Waals surface area contributed by atoms with E-state index in [9.17, 15) is 9.59 Å². The Morgan fingerprint density at radius 1 is 1.27 bits per heavy atom. The van der Waals surface area contributed by atoms with Crippen molar-refractivity contribution in [3.63, 3.8) is 0 Å². The fourth-order valence-corrected chi connectivity index (χ4v) is 1.76. The van der Waals surface area contributed by atoms with Crippen LogP contribution < -0.4 is 5.32 Å². The van der Waals surface area contributed by atoms with E-state index >= 15 is 0 Å². The highest BCUT2D eigenvalue weighted by Gasteiger charge is 2.11. The summed E-state index contributed by atoms with van der Waals surface area (Å²) < 4.78 is 0. The SMILES string of the molecule is Cc1cc(C)c(C(=O)NCC=O)c(C)c1. The Morgan fingerprint density at radius 3 is 2.27 bits per heavy atom. The van der Waals surface area contributed by atoms with Crippen LogP contribution in [0.25, 0.3) is 0 Å². The van der Waals surface area contributed by atoms with Gasteiger partial charge in [-0.05, 0) is 31.9 Å². The average molecular weight is 205 g/mol. The zero-order chi connectivity index (χ0) is 11.4. The van der Waals surface area contributed by atoms with Crippen LogP contribution in [0.15, 0.2) is 12.1 Å². The third-order valence-electron chi connectivity index (χ3n) is 2.25. The van der Waals surface area contributed by atoms with Gasteiger partial charge in [0.05, 0.1) is 6.54 Å². The summed E-state index contributed by atoms with van der Waals surface area (Å²) in [5.74, 6) is -0.183. The minimum atomic E-state index is -0.183. The quantitative estimate of drug-likeness (QED) is 0.761. The summed E-state index contributed by atoms with van der Waals surface area (Å²) in [6.45, 7) is 5.85. The molecule has 0 bridgehead atoms. The van der Waals surface area contributed by atoms with Gasteiger partial charge in [0.15, 0.2) is 0 Å². The van der Waals surface area contributed by atoms with Crippen molar-refractivity contribution in [2.45, 2.75) is 20.8 Å². The molecular weight excluding hydrogens is 190 g/mol. The summed E-state index contributed by atoms with van der Waals surface area (Å²) in [4.78, 5) is 21.8. The number of hydrogen-bond acceptors (Lipinski definition) is 2. The third kappa shape index (κ3) is 2.65. The molecule has 0 aliphatic carbocycles. The second-order valence-electron chi connectivity index (χ2n) is 3.65. The molecule has 0 spiro atoms. The van der Waals surface area contributed by atoms with Gasteiger partial charge in [-0.1, -0.05) is 17.7 Å². The van der Waals surface area contributed by atoms with Gasteiger partial charge in [0.2, 0.25) is 0 Å². The van der Waals surface area contributed by atoms with Gasteiger partial charge < -0.3 is 10.1 Å². The summed E-state index contributed by atoms with van der Waals surface area (Å²) in [6.07, 6.45) is 0.677. The molecule has 0 fully saturated rings. The standard InChI is InChI=1S/C12H15NO2/c1-8-6-9(2)11(10(3)7-8)12(15)13-4-5-14/h5-7H,4H2,1-3H3,(H,13,15). The normalized spacial score (nSPS) is 9.80. The van der Waals surface area contributed by atoms with E-state index in [4.69, 9.17) is 0 Å². The van der Waals surface area contributed by atoms with E-state index in [0.29, 0.717) is 11.8 Å². The predicted octanol–water partition coefficient (Wildman–Crippen LogP) is 1.54. The van der Waals surface area contributed by atoms with E-state index in [1.54, 1.807) is 0 Å². The van der Waals surface area contributed by atoms with Crippen molar-refractivity contribution in [2.24, 2.45) is 0 Å². The first kappa shape index (κ1) is 11.4. The number of nitrogens with one attached hydrogen (secondary N) is 1. The van der Waals surface area contributed by atoms with Crippen molar-refractivity contribution in [3.05, 3.63) is 34.4 Å². The van der Waals surface area contributed by atoms with Gasteiger partial charge in [-0.3, -0.25) is 4.79 Å². The van der Waals surface area contributed by atoms with Gasteiger partial charge in [0, 0.05) is 5.56 Å². The van der Waals surface area contributed by atoms with E-state index in [0.717, 1.165) is 16.7 Å². The molecule has 0 aliphatic heterocycles. The molecule has 0 saturated carbocycles. The minimum Gasteiger partial charge on any atom is -0.345 e. The van der Waals surface area contributed by atoms with Crippen LogP contribution in [0.2, 0.25) is 0 Å². The fraction of sp³-hybridized carbons (Fsp3) is 0.333. The summed E-state index contributed by atoms with van der Waals surface area (Å²) in [7, 11) is 0. The van der Waals surface area contributed by atoms with Gasteiger partial charge in [0.25, 0.3) is 5.91 Å². The van der Waals surface area contributed by atoms with Crippen LogP contribution in [-0.4, -0.2) is 18.7 Å². The fourth-order valence-electron chi connectivity index (χ4n) is 1.76. The number of aryl methyl sites for hydroxylation is 3. The molecule has 3 heteroatoms. The first-order valence-corrected chi connectivity index (χ1v) is 4.86. The Hall–Kier alpha value is -1.64. The number of amides is 1. The largest absolute Gasteiger partial charge is 0.345 e. The summed E-state index contributed by atoms with van der Waals surface area (Å²) >= 11 is 0. The lowest BCUT2D eigenvalue weighted by Gasteiger charge is -2.10. The van der Waals surface area contributed by atoms with Crippen LogP contribution in [0.3, 0.4) is 0 Å². The molecule has 0 atom stereocenters. The minimum absolute atomic E-state index is 0.0611. The highest BCUT2D eigenvalue weighted by Crippen LogP contribution is 2.15. The zero-order valence-electron chi connectivity index (χ0n) is 9.26. The molecule has 80 valence electrons. The smallest absolute Gasteiger partial charge is 0.252 e. The van der Waals surface area contributed by atoms with Crippen LogP contribution >= 0.6 is 0 Å². The second-order valence-corrected chi connectivity index (χ2v) is 3.65. The Labute approximate surface area is 89.5 Å². The van der Waals surface area contributed by atoms with E-state index < -0.39 is 0 Å². The molecule has 0 aliphatic rings. The van der Waals surface area contributed by atoms with Gasteiger partial charge in [-0.15, -0.1) is 0 Å². The number of hydrogen-bond donors (Lipinski definition) is 1. The molecule has 15 heavy (non-hydrogen) atoms. The zero-order valence-corrected chi connectivity index (χ0v) is 9.26. The maximum Gasteiger partial charge on any atom is 0.252 e. The van der Waals surface area contributed by atoms with Crippen LogP contribution in [0.1, 0.15) is 27.0 Å². The number of benzene rings is 1. The van der Waals surface area contributed by atoms with E-state index in [1.807, 2.05) is 32.9 Å². The van der Waals surface area contributed by atoms with Gasteiger partial charge in [-0.25, -0.2) is 0 Å². The highest BCUT2D eigenvalue weighted by atomic mass is 16.2. The number of carbonyl (C=O) groups excluding carboxylic acids is 2. The summed E-state index contributed by atoms with van der Waals surface area (Å²) in [5.41, 5.74) is 3.69. The van der Waals surface area contributed by atoms with Crippen molar-refractivity contribution in [2.75, 3.05) is 6.54 Å². The van der Waals surface area contributed by atoms with Gasteiger partial charge >= 0.3 is 0 Å². The maximum absolute atomic E-state index is 11.7. The highest BCUT2D eigenvalue weighted by molar-refractivity contribution is 5.97. The first-order valence-electron chi connectivity index (χ1n) is 4.86. The predicted molar refractivity (Wildman–Crippen MR) is 59.1 cm³/mol. The lowest BCUT2D eigenvalue weighted by molar-refractivity contribution is -0.107. The molecule has 1 N–H and O–H groups in total. The Bertz CT molecular complexity index is 374. The lowest BCUT2D eigenvalue weighted by atomic mass is 9.99. The third-order valence-corrected chi connectivity index (χ3v) is 2.25. The molecule has 0 aromatic heterocycles. The summed E-state index contributed by atoms with van der Waals surface area (Å²) in [6, 6.07) is 3.92. The lowest BCUT2D eigenvalue weighted by Crippen LogP contribution is -2.26. The molecule has 1 aromatic carbocycles. The monoisotopic (exact) mass is 205 g/mol. The molecule has 1 rings (SSSR count). The number of rotatable bonds is 3. The molecule has 3 nitrogen and oxygen atoms in total. The van der Waals surface area contributed by atoms with E-state index in [1.165, 1.54) is 0 Å². The molecule has 1 aromatic rings. The molecule has 0 saturated heterocycles. The van der Waals surface area contributed by atoms with Crippen LogP contribution in [0.4, 0.5) is 0 Å². The van der Waals surface area contributed by atoms with Crippen LogP contribution in [-0.2, 0) is 4.79 Å². The van der Waals surface area contributed by atoms with E-state index in [2.05, 4.69) is 5.32 Å². The van der Waals surface area contributed by atoms with Gasteiger partial charge in [0.1, 0.15) is 6.29 Å². The van der Waals surface area contributed by atoms with Crippen molar-refractivity contribution >= 4 is 12.2 Å². The molecular formula is C12H15NO2. The number of carbonyl (C=O) groups is 2. The van der Waals surface area contributed by atoms with Crippen molar-refractivity contribution < 1.29 is 9.59 Å². The van der Waals surface area contributed by atoms with E-state index in [-0.39, 0.29) is 12.5 Å². The second kappa shape index (κ2) is 4.73. The van der Waals surface area contributed by atoms with Crippen molar-refractivity contribution in [1.82, 2.24) is 5.32 Å². The Kier molecular flexibility index (Phi) is 3.61. The Morgan fingerprint density at radius 2 is 1.80 bits per heavy atom. The van der Waals surface area contributed by atoms with Crippen molar-refractivity contribution in [3.8, 4) is 0 Å². The molecule has 0 radical (unpaired) electrons. The van der Waals surface area contributed by atoms with Crippen LogP contribution in [0, 0.1) is 20.8 Å². The van der Waals surface area contributed by atoms with Crippen LogP contribution in [0.5, 0.6) is 0 Å². The average Bonchev–Trinajstić information content (AvgIpc) is 2.12. The van der Waals surface area contributed by atoms with Crippen molar-refractivity contribution in [1.29, 1.82) is 0 Å². The number of aldehydes is 1. The Balaban J connectivity index is 3.03. The molecule has 0 unspecified atom stereocenters. The molecule has 0 heterocycles. The van der Waals surface area contributed by atoms with Gasteiger partial charge in [-0.2, -0.15) is 0 Å².